The van der Waals surface area contributed by atoms with Crippen LogP contribution in [0.3, 0.4) is 0 Å². The molecule has 1 aliphatic carbocycles. The van der Waals surface area contributed by atoms with Crippen molar-refractivity contribution in [2.75, 3.05) is 43.0 Å². The first-order chi connectivity index (χ1) is 14.8. The average molecular weight is 447 g/mol. The summed E-state index contributed by atoms with van der Waals surface area (Å²) in [6, 6.07) is 8.94. The highest BCUT2D eigenvalue weighted by Crippen LogP contribution is 2.29. The minimum Gasteiger partial charge on any atom is -0.369 e. The molecule has 0 N–H and O–H groups in total. The summed E-state index contributed by atoms with van der Waals surface area (Å²) in [7, 11) is 5.01. The van der Waals surface area contributed by atoms with Crippen LogP contribution in [0.1, 0.15) is 25.7 Å². The van der Waals surface area contributed by atoms with E-state index in [0.717, 1.165) is 61.5 Å². The van der Waals surface area contributed by atoms with Gasteiger partial charge < -0.3 is 9.80 Å². The molecule has 2 aliphatic rings. The molecule has 2 fully saturated rings. The van der Waals surface area contributed by atoms with Crippen LogP contribution in [-0.4, -0.2) is 64.6 Å². The Kier molecular flexibility index (Phi) is 6.39. The maximum atomic E-state index is 12.5. The van der Waals surface area contributed by atoms with Gasteiger partial charge in [-0.2, -0.15) is 0 Å². The number of rotatable bonds is 4. The zero-order valence-electron chi connectivity index (χ0n) is 18.5. The van der Waals surface area contributed by atoms with Gasteiger partial charge in [0, 0.05) is 70.1 Å². The molecule has 0 bridgehead atoms. The Hall–Kier alpha value is -2.32. The van der Waals surface area contributed by atoms with Gasteiger partial charge in [-0.05, 0) is 43.9 Å². The maximum absolute atomic E-state index is 12.5. The Morgan fingerprint density at radius 1 is 1.03 bits per heavy atom. The van der Waals surface area contributed by atoms with Crippen molar-refractivity contribution in [3.8, 4) is 0 Å². The van der Waals surface area contributed by atoms with E-state index in [0.29, 0.717) is 11.9 Å². The van der Waals surface area contributed by atoms with Crippen molar-refractivity contribution in [2.24, 2.45) is 14.1 Å². The minimum atomic E-state index is -0.400. The first kappa shape index (κ1) is 21.9. The summed E-state index contributed by atoms with van der Waals surface area (Å²) in [5, 5.41) is 5.01. The van der Waals surface area contributed by atoms with Crippen molar-refractivity contribution in [2.45, 2.75) is 37.8 Å². The van der Waals surface area contributed by atoms with Gasteiger partial charge in [-0.1, -0.05) is 17.7 Å². The van der Waals surface area contributed by atoms with E-state index in [-0.39, 0.29) is 11.6 Å². The van der Waals surface area contributed by atoms with Crippen molar-refractivity contribution in [1.82, 2.24) is 19.2 Å². The van der Waals surface area contributed by atoms with E-state index in [4.69, 9.17) is 11.6 Å². The van der Waals surface area contributed by atoms with Gasteiger partial charge >= 0.3 is 5.69 Å². The third-order valence-corrected chi connectivity index (χ3v) is 7.09. The number of piperazine rings is 1. The fourth-order valence-electron chi connectivity index (χ4n) is 4.90. The average Bonchev–Trinajstić information content (AvgIpc) is 2.80. The lowest BCUT2D eigenvalue weighted by molar-refractivity contribution is 0.141. The van der Waals surface area contributed by atoms with Gasteiger partial charge in [0.1, 0.15) is 0 Å². The standard InChI is InChI=1S/C22H31ClN6O2/c1-25(20-21(30)26(2)22(31)27(3)24-20)17-7-9-18(10-8-17)28-11-13-29(14-12-28)19-6-4-5-16(23)15-19/h4-6,15,17-18H,7-14H2,1-3H3/t17-,18-. The number of aryl methyl sites for hydroxylation is 1. The number of hydrogen-bond donors (Lipinski definition) is 0. The molecule has 0 radical (unpaired) electrons. The second-order valence-corrected chi connectivity index (χ2v) is 9.11. The molecule has 168 valence electrons. The van der Waals surface area contributed by atoms with Crippen molar-refractivity contribution < 1.29 is 0 Å². The molecule has 8 nitrogen and oxygen atoms in total. The summed E-state index contributed by atoms with van der Waals surface area (Å²) in [6.45, 7) is 4.14. The fourth-order valence-corrected chi connectivity index (χ4v) is 5.09. The minimum absolute atomic E-state index is 0.265. The van der Waals surface area contributed by atoms with E-state index in [2.05, 4.69) is 21.0 Å². The van der Waals surface area contributed by atoms with Crippen LogP contribution in [-0.2, 0) is 14.1 Å². The molecule has 1 saturated heterocycles. The van der Waals surface area contributed by atoms with Crippen LogP contribution in [0.2, 0.25) is 5.02 Å². The number of hydrogen-bond acceptors (Lipinski definition) is 6. The second-order valence-electron chi connectivity index (χ2n) is 8.67. The largest absolute Gasteiger partial charge is 0.369 e. The molecule has 1 saturated carbocycles. The smallest absolute Gasteiger partial charge is 0.346 e. The first-order valence-corrected chi connectivity index (χ1v) is 11.3. The molecule has 2 heterocycles. The molecule has 0 spiro atoms. The lowest BCUT2D eigenvalue weighted by Gasteiger charge is -2.43. The molecule has 0 unspecified atom stereocenters. The predicted octanol–water partition coefficient (Wildman–Crippen LogP) is 1.70. The van der Waals surface area contributed by atoms with Gasteiger partial charge in [-0.25, -0.2) is 9.48 Å². The number of benzene rings is 1. The third kappa shape index (κ3) is 4.50. The van der Waals surface area contributed by atoms with Crippen LogP contribution >= 0.6 is 11.6 Å². The number of nitrogens with zero attached hydrogens (tertiary/aromatic N) is 6. The molecule has 4 rings (SSSR count). The van der Waals surface area contributed by atoms with E-state index < -0.39 is 5.69 Å². The molecule has 1 aromatic carbocycles. The van der Waals surface area contributed by atoms with Gasteiger partial charge in [-0.15, -0.1) is 5.10 Å². The van der Waals surface area contributed by atoms with E-state index in [1.807, 2.05) is 30.1 Å². The zero-order valence-corrected chi connectivity index (χ0v) is 19.3. The molecule has 2 aromatic rings. The summed E-state index contributed by atoms with van der Waals surface area (Å²) in [5.74, 6) is 0.350. The molecular weight excluding hydrogens is 416 g/mol. The van der Waals surface area contributed by atoms with Crippen LogP contribution < -0.4 is 21.0 Å². The number of anilines is 2. The van der Waals surface area contributed by atoms with Crippen LogP contribution in [0.4, 0.5) is 11.5 Å². The summed E-state index contributed by atoms with van der Waals surface area (Å²) >= 11 is 6.15. The molecule has 0 amide bonds. The molecule has 1 aliphatic heterocycles. The van der Waals surface area contributed by atoms with Gasteiger partial charge in [0.15, 0.2) is 0 Å². The van der Waals surface area contributed by atoms with E-state index in [9.17, 15) is 9.59 Å². The van der Waals surface area contributed by atoms with Crippen LogP contribution in [0, 0.1) is 0 Å². The summed E-state index contributed by atoms with van der Waals surface area (Å²) in [6.07, 6.45) is 4.25. The van der Waals surface area contributed by atoms with Crippen LogP contribution in [0.15, 0.2) is 33.9 Å². The van der Waals surface area contributed by atoms with Crippen LogP contribution in [0.5, 0.6) is 0 Å². The Morgan fingerprint density at radius 3 is 2.35 bits per heavy atom. The number of halogens is 1. The molecule has 0 atom stereocenters. The molecule has 1 aromatic heterocycles. The van der Waals surface area contributed by atoms with Gasteiger partial charge in [0.2, 0.25) is 5.82 Å². The third-order valence-electron chi connectivity index (χ3n) is 6.86. The van der Waals surface area contributed by atoms with Gasteiger partial charge in [-0.3, -0.25) is 14.3 Å². The zero-order chi connectivity index (χ0) is 22.1. The fraction of sp³-hybridized carbons (Fsp3) is 0.591. The quantitative estimate of drug-likeness (QED) is 0.712. The lowest BCUT2D eigenvalue weighted by Crippen LogP contribution is -2.52. The SMILES string of the molecule is Cn1nc(N(C)[C@H]2CC[C@H](N3CCN(c4cccc(Cl)c4)CC3)CC2)c(=O)n(C)c1=O. The molecular formula is C22H31ClN6O2. The Balaban J connectivity index is 1.33. The molecule has 31 heavy (non-hydrogen) atoms. The topological polar surface area (TPSA) is 66.6 Å². The summed E-state index contributed by atoms with van der Waals surface area (Å²) < 4.78 is 2.36. The van der Waals surface area contributed by atoms with Gasteiger partial charge in [0.05, 0.1) is 0 Å². The van der Waals surface area contributed by atoms with E-state index >= 15 is 0 Å². The van der Waals surface area contributed by atoms with Crippen molar-refractivity contribution in [1.29, 1.82) is 0 Å². The maximum Gasteiger partial charge on any atom is 0.346 e. The summed E-state index contributed by atoms with van der Waals surface area (Å²) in [4.78, 5) is 31.4. The van der Waals surface area contributed by atoms with Gasteiger partial charge in [0.25, 0.3) is 5.56 Å². The van der Waals surface area contributed by atoms with Crippen LogP contribution in [0.25, 0.3) is 0 Å². The lowest BCUT2D eigenvalue weighted by atomic mass is 9.89. The highest BCUT2D eigenvalue weighted by molar-refractivity contribution is 6.30. The second kappa shape index (κ2) is 9.04. The Bertz CT molecular complexity index is 1040. The van der Waals surface area contributed by atoms with Crippen molar-refractivity contribution in [3.63, 3.8) is 0 Å². The summed E-state index contributed by atoms with van der Waals surface area (Å²) in [5.41, 5.74) is 0.469. The van der Waals surface area contributed by atoms with E-state index in [1.54, 1.807) is 7.05 Å². The normalized spacial score (nSPS) is 22.5. The van der Waals surface area contributed by atoms with E-state index in [1.165, 1.54) is 17.4 Å². The Morgan fingerprint density at radius 2 is 1.71 bits per heavy atom. The van der Waals surface area contributed by atoms with Crippen molar-refractivity contribution in [3.05, 3.63) is 50.1 Å². The highest BCUT2D eigenvalue weighted by atomic mass is 35.5. The monoisotopic (exact) mass is 446 g/mol. The number of aromatic nitrogens is 3. The highest BCUT2D eigenvalue weighted by Gasteiger charge is 2.31. The van der Waals surface area contributed by atoms with Crippen molar-refractivity contribution >= 4 is 23.1 Å². The predicted molar refractivity (Wildman–Crippen MR) is 124 cm³/mol. The first-order valence-electron chi connectivity index (χ1n) is 11.0. The molecule has 9 heteroatoms. The Labute approximate surface area is 187 Å².